The summed E-state index contributed by atoms with van der Waals surface area (Å²) in [4.78, 5) is 4.55. The molecule has 0 bridgehead atoms. The van der Waals surface area contributed by atoms with E-state index in [1.54, 1.807) is 18.2 Å². The predicted octanol–water partition coefficient (Wildman–Crippen LogP) is 4.36. The Morgan fingerprint density at radius 3 is 2.79 bits per heavy atom. The Balaban J connectivity index is 2.31. The fraction of sp³-hybridized carbons (Fsp3) is 0.0714. The zero-order valence-corrected chi connectivity index (χ0v) is 12.4. The van der Waals surface area contributed by atoms with Gasteiger partial charge in [-0.2, -0.15) is 0 Å². The van der Waals surface area contributed by atoms with Gasteiger partial charge in [-0.3, -0.25) is 0 Å². The van der Waals surface area contributed by atoms with Crippen LogP contribution in [0.2, 0.25) is 5.02 Å². The first-order valence-corrected chi connectivity index (χ1v) is 6.84. The Labute approximate surface area is 123 Å². The van der Waals surface area contributed by atoms with Crippen LogP contribution < -0.4 is 0 Å². The molecule has 0 aliphatic rings. The Kier molecular flexibility index (Phi) is 2.99. The highest BCUT2D eigenvalue weighted by atomic mass is 79.9. The highest BCUT2D eigenvalue weighted by Crippen LogP contribution is 2.33. The minimum Gasteiger partial charge on any atom is -0.507 e. The van der Waals surface area contributed by atoms with Crippen molar-refractivity contribution in [1.29, 1.82) is 0 Å². The number of rotatable bonds is 1. The maximum absolute atomic E-state index is 9.99. The highest BCUT2D eigenvalue weighted by Gasteiger charge is 2.13. The van der Waals surface area contributed by atoms with Gasteiger partial charge in [0.25, 0.3) is 0 Å². The average molecular weight is 338 g/mol. The van der Waals surface area contributed by atoms with Gasteiger partial charge in [-0.05, 0) is 36.4 Å². The van der Waals surface area contributed by atoms with Crippen LogP contribution in [0.15, 0.2) is 40.9 Å². The van der Waals surface area contributed by atoms with Gasteiger partial charge in [-0.25, -0.2) is 4.98 Å². The van der Waals surface area contributed by atoms with Crippen LogP contribution in [-0.4, -0.2) is 14.7 Å². The first-order chi connectivity index (χ1) is 9.06. The molecule has 0 atom stereocenters. The zero-order valence-electron chi connectivity index (χ0n) is 10.1. The summed E-state index contributed by atoms with van der Waals surface area (Å²) >= 11 is 9.41. The number of imidazole rings is 1. The smallest absolute Gasteiger partial charge is 0.144 e. The molecule has 3 rings (SSSR count). The number of benzene rings is 2. The number of halogens is 2. The summed E-state index contributed by atoms with van der Waals surface area (Å²) in [6, 6.07) is 10.8. The van der Waals surface area contributed by atoms with Crippen molar-refractivity contribution < 1.29 is 5.11 Å². The number of phenols is 1. The summed E-state index contributed by atoms with van der Waals surface area (Å²) in [5.74, 6) is 0.906. The molecule has 3 nitrogen and oxygen atoms in total. The summed E-state index contributed by atoms with van der Waals surface area (Å²) in [5, 5.41) is 10.7. The van der Waals surface area contributed by atoms with Crippen molar-refractivity contribution in [2.24, 2.45) is 7.05 Å². The molecule has 1 heterocycles. The Morgan fingerprint density at radius 2 is 2.00 bits per heavy atom. The molecule has 1 N–H and O–H groups in total. The van der Waals surface area contributed by atoms with Crippen molar-refractivity contribution in [2.75, 3.05) is 0 Å². The number of fused-ring (bicyclic) bond motifs is 1. The van der Waals surface area contributed by atoms with Crippen LogP contribution in [0.1, 0.15) is 0 Å². The lowest BCUT2D eigenvalue weighted by Crippen LogP contribution is -1.92. The fourth-order valence-corrected chi connectivity index (χ4v) is 2.62. The second kappa shape index (κ2) is 4.54. The molecule has 0 fully saturated rings. The number of aromatic hydroxyl groups is 1. The molecule has 3 aromatic rings. The van der Waals surface area contributed by atoms with Crippen LogP contribution >= 0.6 is 27.5 Å². The van der Waals surface area contributed by atoms with E-state index in [1.165, 1.54) is 0 Å². The van der Waals surface area contributed by atoms with E-state index >= 15 is 0 Å². The number of nitrogens with zero attached hydrogens (tertiary/aromatic N) is 2. The van der Waals surface area contributed by atoms with Gasteiger partial charge in [0.1, 0.15) is 11.6 Å². The van der Waals surface area contributed by atoms with E-state index in [0.717, 1.165) is 15.5 Å². The van der Waals surface area contributed by atoms with Gasteiger partial charge in [0.05, 0.1) is 16.6 Å². The Bertz CT molecular complexity index is 782. The second-order valence-electron chi connectivity index (χ2n) is 4.29. The van der Waals surface area contributed by atoms with E-state index < -0.39 is 0 Å². The molecule has 0 spiro atoms. The summed E-state index contributed by atoms with van der Waals surface area (Å²) in [6.07, 6.45) is 0. The number of hydrogen-bond acceptors (Lipinski definition) is 2. The third-order valence-electron chi connectivity index (χ3n) is 3.04. The molecule has 5 heteroatoms. The topological polar surface area (TPSA) is 38.0 Å². The van der Waals surface area contributed by atoms with Gasteiger partial charge in [0, 0.05) is 16.5 Å². The SMILES string of the molecule is Cn1c(-c2cc(Br)ccc2O)nc2ccc(Cl)cc21. The minimum atomic E-state index is 0.202. The van der Waals surface area contributed by atoms with Crippen molar-refractivity contribution in [3.8, 4) is 17.1 Å². The second-order valence-corrected chi connectivity index (χ2v) is 5.64. The third-order valence-corrected chi connectivity index (χ3v) is 3.77. The van der Waals surface area contributed by atoms with Crippen molar-refractivity contribution in [3.05, 3.63) is 45.9 Å². The molecule has 0 saturated heterocycles. The fourth-order valence-electron chi connectivity index (χ4n) is 2.09. The lowest BCUT2D eigenvalue weighted by molar-refractivity contribution is 0.476. The predicted molar refractivity (Wildman–Crippen MR) is 80.5 cm³/mol. The van der Waals surface area contributed by atoms with Gasteiger partial charge in [0.2, 0.25) is 0 Å². The zero-order chi connectivity index (χ0) is 13.6. The molecule has 2 aromatic carbocycles. The summed E-state index contributed by atoms with van der Waals surface area (Å²) < 4.78 is 2.81. The quantitative estimate of drug-likeness (QED) is 0.716. The van der Waals surface area contributed by atoms with Crippen LogP contribution in [0.25, 0.3) is 22.4 Å². The summed E-state index contributed by atoms with van der Waals surface area (Å²) in [7, 11) is 1.90. The Morgan fingerprint density at radius 1 is 1.21 bits per heavy atom. The van der Waals surface area contributed by atoms with Gasteiger partial charge < -0.3 is 9.67 Å². The van der Waals surface area contributed by atoms with Crippen molar-refractivity contribution in [1.82, 2.24) is 9.55 Å². The number of aryl methyl sites for hydroxylation is 1. The largest absolute Gasteiger partial charge is 0.507 e. The number of hydrogen-bond donors (Lipinski definition) is 1. The molecule has 0 amide bonds. The molecule has 0 radical (unpaired) electrons. The van der Waals surface area contributed by atoms with Crippen LogP contribution in [0, 0.1) is 0 Å². The monoisotopic (exact) mass is 336 g/mol. The highest BCUT2D eigenvalue weighted by molar-refractivity contribution is 9.10. The number of phenolic OH excluding ortho intramolecular Hbond substituents is 1. The molecule has 1 aromatic heterocycles. The maximum Gasteiger partial charge on any atom is 0.144 e. The molecule has 0 unspecified atom stereocenters. The average Bonchev–Trinajstić information content (AvgIpc) is 2.70. The van der Waals surface area contributed by atoms with Gasteiger partial charge in [-0.1, -0.05) is 27.5 Å². The standard InChI is InChI=1S/C14H10BrClN2O/c1-18-12-7-9(16)3-4-11(12)17-14(18)10-6-8(15)2-5-13(10)19/h2-7,19H,1H3. The maximum atomic E-state index is 9.99. The molecular formula is C14H10BrClN2O. The van der Waals surface area contributed by atoms with Crippen molar-refractivity contribution >= 4 is 38.6 Å². The lowest BCUT2D eigenvalue weighted by Gasteiger charge is -2.05. The molecule has 0 aliphatic heterocycles. The third kappa shape index (κ3) is 2.11. The van der Waals surface area contributed by atoms with E-state index in [4.69, 9.17) is 11.6 Å². The van der Waals surface area contributed by atoms with Crippen LogP contribution in [0.4, 0.5) is 0 Å². The molecule has 0 saturated carbocycles. The van der Waals surface area contributed by atoms with E-state index in [9.17, 15) is 5.11 Å². The van der Waals surface area contributed by atoms with Gasteiger partial charge in [0.15, 0.2) is 0 Å². The van der Waals surface area contributed by atoms with E-state index in [2.05, 4.69) is 20.9 Å². The van der Waals surface area contributed by atoms with E-state index in [-0.39, 0.29) is 5.75 Å². The van der Waals surface area contributed by atoms with E-state index in [0.29, 0.717) is 16.4 Å². The van der Waals surface area contributed by atoms with Crippen molar-refractivity contribution in [2.45, 2.75) is 0 Å². The summed E-state index contributed by atoms with van der Waals surface area (Å²) in [6.45, 7) is 0. The van der Waals surface area contributed by atoms with Crippen LogP contribution in [0.3, 0.4) is 0 Å². The van der Waals surface area contributed by atoms with E-state index in [1.807, 2.05) is 29.8 Å². The normalized spacial score (nSPS) is 11.1. The molecule has 96 valence electrons. The number of aromatic nitrogens is 2. The Hall–Kier alpha value is -1.52. The van der Waals surface area contributed by atoms with Crippen molar-refractivity contribution in [3.63, 3.8) is 0 Å². The van der Waals surface area contributed by atoms with Gasteiger partial charge >= 0.3 is 0 Å². The summed E-state index contributed by atoms with van der Waals surface area (Å²) in [5.41, 5.74) is 2.47. The lowest BCUT2D eigenvalue weighted by atomic mass is 10.2. The molecule has 0 aliphatic carbocycles. The molecular weight excluding hydrogens is 328 g/mol. The van der Waals surface area contributed by atoms with Crippen LogP contribution in [-0.2, 0) is 7.05 Å². The minimum absolute atomic E-state index is 0.202. The first kappa shape index (κ1) is 12.5. The van der Waals surface area contributed by atoms with Crippen LogP contribution in [0.5, 0.6) is 5.75 Å². The first-order valence-electron chi connectivity index (χ1n) is 5.67. The molecule has 19 heavy (non-hydrogen) atoms. The van der Waals surface area contributed by atoms with Gasteiger partial charge in [-0.15, -0.1) is 0 Å².